The summed E-state index contributed by atoms with van der Waals surface area (Å²) in [5.74, 6) is -0.270. The SMILES string of the molecule is CCCn1cc(OC/C=C(/C)C(=O)O)cn1. The number of carbonyl (C=O) groups is 1. The van der Waals surface area contributed by atoms with Gasteiger partial charge >= 0.3 is 5.97 Å². The number of ether oxygens (including phenoxy) is 1. The number of hydrogen-bond acceptors (Lipinski definition) is 3. The molecule has 0 fully saturated rings. The predicted molar refractivity (Wildman–Crippen MR) is 59.4 cm³/mol. The van der Waals surface area contributed by atoms with Gasteiger partial charge in [-0.2, -0.15) is 5.10 Å². The number of aliphatic carboxylic acids is 1. The molecule has 16 heavy (non-hydrogen) atoms. The van der Waals surface area contributed by atoms with E-state index in [0.717, 1.165) is 13.0 Å². The Morgan fingerprint density at radius 1 is 1.69 bits per heavy atom. The second-order valence-corrected chi connectivity index (χ2v) is 3.44. The Morgan fingerprint density at radius 2 is 2.44 bits per heavy atom. The molecule has 0 aliphatic carbocycles. The monoisotopic (exact) mass is 224 g/mol. The van der Waals surface area contributed by atoms with E-state index in [-0.39, 0.29) is 12.2 Å². The Hall–Kier alpha value is -1.78. The van der Waals surface area contributed by atoms with Crippen molar-refractivity contribution in [3.05, 3.63) is 24.0 Å². The van der Waals surface area contributed by atoms with Crippen molar-refractivity contribution < 1.29 is 14.6 Å². The summed E-state index contributed by atoms with van der Waals surface area (Å²) in [6.07, 6.45) is 5.96. The third kappa shape index (κ3) is 3.76. The quantitative estimate of drug-likeness (QED) is 0.747. The molecule has 1 heterocycles. The van der Waals surface area contributed by atoms with Crippen molar-refractivity contribution in [3.8, 4) is 5.75 Å². The van der Waals surface area contributed by atoms with E-state index in [4.69, 9.17) is 9.84 Å². The van der Waals surface area contributed by atoms with Gasteiger partial charge in [0, 0.05) is 12.1 Å². The first-order chi connectivity index (χ1) is 7.63. The fraction of sp³-hybridized carbons (Fsp3) is 0.455. The molecule has 0 aliphatic rings. The highest BCUT2D eigenvalue weighted by atomic mass is 16.5. The standard InChI is InChI=1S/C11H16N2O3/c1-3-5-13-8-10(7-12-13)16-6-4-9(2)11(14)15/h4,7-8H,3,5-6H2,1-2H3,(H,14,15)/b9-4-. The minimum Gasteiger partial charge on any atom is -0.486 e. The summed E-state index contributed by atoms with van der Waals surface area (Å²) in [4.78, 5) is 10.5. The van der Waals surface area contributed by atoms with E-state index in [0.29, 0.717) is 5.75 Å². The molecule has 0 atom stereocenters. The van der Waals surface area contributed by atoms with Crippen LogP contribution in [0, 0.1) is 0 Å². The van der Waals surface area contributed by atoms with Crippen LogP contribution in [0.15, 0.2) is 24.0 Å². The summed E-state index contributed by atoms with van der Waals surface area (Å²) in [6, 6.07) is 0. The summed E-state index contributed by atoms with van der Waals surface area (Å²) in [7, 11) is 0. The highest BCUT2D eigenvalue weighted by molar-refractivity contribution is 5.85. The second kappa shape index (κ2) is 5.95. The number of carboxylic acid groups (broad SMARTS) is 1. The number of rotatable bonds is 6. The van der Waals surface area contributed by atoms with Gasteiger partial charge < -0.3 is 9.84 Å². The van der Waals surface area contributed by atoms with Crippen LogP contribution < -0.4 is 4.74 Å². The lowest BCUT2D eigenvalue weighted by Gasteiger charge is -1.99. The van der Waals surface area contributed by atoms with E-state index in [1.807, 2.05) is 0 Å². The lowest BCUT2D eigenvalue weighted by Crippen LogP contribution is -2.00. The van der Waals surface area contributed by atoms with E-state index in [1.165, 1.54) is 13.0 Å². The topological polar surface area (TPSA) is 64.3 Å². The number of aromatic nitrogens is 2. The Balaban J connectivity index is 2.42. The second-order valence-electron chi connectivity index (χ2n) is 3.44. The summed E-state index contributed by atoms with van der Waals surface area (Å²) < 4.78 is 7.13. The minimum atomic E-state index is -0.926. The predicted octanol–water partition coefficient (Wildman–Crippen LogP) is 1.70. The minimum absolute atomic E-state index is 0.246. The molecule has 0 spiro atoms. The zero-order valence-electron chi connectivity index (χ0n) is 9.51. The molecule has 5 heteroatoms. The van der Waals surface area contributed by atoms with Crippen LogP contribution in [-0.4, -0.2) is 27.5 Å². The summed E-state index contributed by atoms with van der Waals surface area (Å²) in [5.41, 5.74) is 0.279. The average molecular weight is 224 g/mol. The lowest BCUT2D eigenvalue weighted by molar-refractivity contribution is -0.132. The molecule has 0 aromatic carbocycles. The molecule has 0 unspecified atom stereocenters. The van der Waals surface area contributed by atoms with Gasteiger partial charge in [-0.1, -0.05) is 6.92 Å². The van der Waals surface area contributed by atoms with Crippen molar-refractivity contribution in [2.45, 2.75) is 26.8 Å². The van der Waals surface area contributed by atoms with E-state index >= 15 is 0 Å². The number of nitrogens with zero attached hydrogens (tertiary/aromatic N) is 2. The van der Waals surface area contributed by atoms with Crippen molar-refractivity contribution in [2.24, 2.45) is 0 Å². The van der Waals surface area contributed by atoms with Crippen LogP contribution in [0.25, 0.3) is 0 Å². The van der Waals surface area contributed by atoms with Gasteiger partial charge in [-0.15, -0.1) is 0 Å². The summed E-state index contributed by atoms with van der Waals surface area (Å²) >= 11 is 0. The molecule has 88 valence electrons. The molecular formula is C11H16N2O3. The van der Waals surface area contributed by atoms with Crippen LogP contribution in [0.4, 0.5) is 0 Å². The molecule has 0 bridgehead atoms. The molecule has 0 amide bonds. The highest BCUT2D eigenvalue weighted by Crippen LogP contribution is 2.08. The van der Waals surface area contributed by atoms with Gasteiger partial charge in [0.1, 0.15) is 6.61 Å². The molecule has 0 radical (unpaired) electrons. The number of carboxylic acids is 1. The summed E-state index contributed by atoms with van der Waals surface area (Å²) in [5, 5.41) is 12.7. The van der Waals surface area contributed by atoms with Gasteiger partial charge in [-0.3, -0.25) is 4.68 Å². The maximum Gasteiger partial charge on any atom is 0.331 e. The van der Waals surface area contributed by atoms with Crippen LogP contribution in [0.3, 0.4) is 0 Å². The highest BCUT2D eigenvalue weighted by Gasteiger charge is 2.00. The maximum absolute atomic E-state index is 10.5. The fourth-order valence-electron chi connectivity index (χ4n) is 1.12. The molecule has 1 N–H and O–H groups in total. The normalized spacial score (nSPS) is 11.5. The van der Waals surface area contributed by atoms with Crippen molar-refractivity contribution in [2.75, 3.05) is 6.61 Å². The number of aryl methyl sites for hydroxylation is 1. The third-order valence-corrected chi connectivity index (χ3v) is 2.04. The van der Waals surface area contributed by atoms with Gasteiger partial charge in [0.15, 0.2) is 5.75 Å². The van der Waals surface area contributed by atoms with Crippen molar-refractivity contribution in [1.82, 2.24) is 9.78 Å². The van der Waals surface area contributed by atoms with Crippen LogP contribution in [0.2, 0.25) is 0 Å². The molecule has 0 aliphatic heterocycles. The first-order valence-corrected chi connectivity index (χ1v) is 5.18. The first kappa shape index (κ1) is 12.3. The summed E-state index contributed by atoms with van der Waals surface area (Å²) in [6.45, 7) is 4.71. The van der Waals surface area contributed by atoms with Crippen molar-refractivity contribution >= 4 is 5.97 Å². The van der Waals surface area contributed by atoms with Gasteiger partial charge in [0.05, 0.1) is 12.4 Å². The van der Waals surface area contributed by atoms with E-state index in [9.17, 15) is 4.79 Å². The Bertz CT molecular complexity index is 382. The van der Waals surface area contributed by atoms with Crippen molar-refractivity contribution in [3.63, 3.8) is 0 Å². The molecule has 5 nitrogen and oxygen atoms in total. The average Bonchev–Trinajstić information content (AvgIpc) is 2.66. The molecule has 1 rings (SSSR count). The van der Waals surface area contributed by atoms with Crippen LogP contribution in [-0.2, 0) is 11.3 Å². The van der Waals surface area contributed by atoms with Gasteiger partial charge in [0.25, 0.3) is 0 Å². The van der Waals surface area contributed by atoms with Gasteiger partial charge in [0.2, 0.25) is 0 Å². The van der Waals surface area contributed by atoms with E-state index < -0.39 is 5.97 Å². The lowest BCUT2D eigenvalue weighted by atomic mass is 10.3. The maximum atomic E-state index is 10.5. The third-order valence-electron chi connectivity index (χ3n) is 2.04. The van der Waals surface area contributed by atoms with Crippen LogP contribution in [0.5, 0.6) is 5.75 Å². The number of hydrogen-bond donors (Lipinski definition) is 1. The van der Waals surface area contributed by atoms with Gasteiger partial charge in [-0.05, 0) is 19.4 Å². The molecule has 0 saturated carbocycles. The molecule has 0 saturated heterocycles. The Morgan fingerprint density at radius 3 is 3.06 bits per heavy atom. The first-order valence-electron chi connectivity index (χ1n) is 5.18. The zero-order chi connectivity index (χ0) is 12.0. The zero-order valence-corrected chi connectivity index (χ0v) is 9.51. The smallest absolute Gasteiger partial charge is 0.331 e. The molecular weight excluding hydrogens is 208 g/mol. The Kier molecular flexibility index (Phi) is 4.57. The largest absolute Gasteiger partial charge is 0.486 e. The van der Waals surface area contributed by atoms with E-state index in [1.54, 1.807) is 17.1 Å². The Labute approximate surface area is 94.3 Å². The molecule has 1 aromatic heterocycles. The van der Waals surface area contributed by atoms with E-state index in [2.05, 4.69) is 12.0 Å². The van der Waals surface area contributed by atoms with Gasteiger partial charge in [-0.25, -0.2) is 4.79 Å². The molecule has 1 aromatic rings. The van der Waals surface area contributed by atoms with Crippen LogP contribution in [0.1, 0.15) is 20.3 Å². The van der Waals surface area contributed by atoms with Crippen molar-refractivity contribution in [1.29, 1.82) is 0 Å². The van der Waals surface area contributed by atoms with Crippen LogP contribution >= 0.6 is 0 Å². The fourth-order valence-corrected chi connectivity index (χ4v) is 1.12.